The van der Waals surface area contributed by atoms with Crippen LogP contribution in [-0.2, 0) is 10.3 Å². The van der Waals surface area contributed by atoms with Crippen LogP contribution in [0.25, 0.3) is 0 Å². The summed E-state index contributed by atoms with van der Waals surface area (Å²) in [7, 11) is 0. The molecular weight excluding hydrogens is 214 g/mol. The van der Waals surface area contributed by atoms with Gasteiger partial charge in [0, 0.05) is 25.3 Å². The summed E-state index contributed by atoms with van der Waals surface area (Å²) in [6.45, 7) is 13.6. The number of morpholine rings is 1. The zero-order valence-corrected chi connectivity index (χ0v) is 11.4. The molecule has 0 radical (unpaired) electrons. The van der Waals surface area contributed by atoms with Gasteiger partial charge in [-0.3, -0.25) is 9.58 Å². The fraction of sp³-hybridized carbons (Fsp3) is 0.769. The molecule has 0 atom stereocenters. The Morgan fingerprint density at radius 1 is 1.29 bits per heavy atom. The molecule has 0 saturated carbocycles. The molecule has 0 amide bonds. The molecule has 4 nitrogen and oxygen atoms in total. The van der Waals surface area contributed by atoms with Crippen molar-refractivity contribution in [2.75, 3.05) is 32.8 Å². The lowest BCUT2D eigenvalue weighted by Gasteiger charge is -2.35. The quantitative estimate of drug-likeness (QED) is 0.799. The van der Waals surface area contributed by atoms with Crippen LogP contribution >= 0.6 is 0 Å². The van der Waals surface area contributed by atoms with E-state index >= 15 is 0 Å². The number of rotatable bonds is 3. The first-order valence-electron chi connectivity index (χ1n) is 6.32. The van der Waals surface area contributed by atoms with Crippen molar-refractivity contribution in [2.45, 2.75) is 33.2 Å². The third-order valence-corrected chi connectivity index (χ3v) is 3.54. The SMILES string of the molecule is Cc1cnn(C(C)(C)CN2CCOCC2)c1C. The monoisotopic (exact) mass is 237 g/mol. The third kappa shape index (κ3) is 2.69. The highest BCUT2D eigenvalue weighted by Crippen LogP contribution is 2.20. The summed E-state index contributed by atoms with van der Waals surface area (Å²) in [5.74, 6) is 0. The first kappa shape index (κ1) is 12.6. The second-order valence-electron chi connectivity index (χ2n) is 5.53. The molecule has 96 valence electrons. The normalized spacial score (nSPS) is 18.6. The number of aromatic nitrogens is 2. The maximum absolute atomic E-state index is 5.38. The number of aryl methyl sites for hydroxylation is 1. The van der Waals surface area contributed by atoms with E-state index < -0.39 is 0 Å². The van der Waals surface area contributed by atoms with Crippen LogP contribution in [0.4, 0.5) is 0 Å². The highest BCUT2D eigenvalue weighted by atomic mass is 16.5. The second kappa shape index (κ2) is 4.78. The van der Waals surface area contributed by atoms with Gasteiger partial charge in [0.15, 0.2) is 0 Å². The molecule has 0 N–H and O–H groups in total. The van der Waals surface area contributed by atoms with E-state index in [-0.39, 0.29) is 5.54 Å². The molecular formula is C13H23N3O. The van der Waals surface area contributed by atoms with Crippen molar-refractivity contribution in [3.05, 3.63) is 17.5 Å². The van der Waals surface area contributed by atoms with E-state index in [4.69, 9.17) is 4.74 Å². The molecule has 4 heteroatoms. The van der Waals surface area contributed by atoms with E-state index in [2.05, 4.69) is 42.4 Å². The first-order chi connectivity index (χ1) is 8.00. The summed E-state index contributed by atoms with van der Waals surface area (Å²) >= 11 is 0. The number of ether oxygens (including phenoxy) is 1. The zero-order valence-electron chi connectivity index (χ0n) is 11.4. The Morgan fingerprint density at radius 3 is 2.47 bits per heavy atom. The standard InChI is InChI=1S/C13H23N3O/c1-11-9-14-16(12(11)2)13(3,4)10-15-5-7-17-8-6-15/h9H,5-8,10H2,1-4H3. The van der Waals surface area contributed by atoms with Crippen molar-refractivity contribution in [1.29, 1.82) is 0 Å². The Morgan fingerprint density at radius 2 is 1.94 bits per heavy atom. The van der Waals surface area contributed by atoms with Crippen LogP contribution in [0.1, 0.15) is 25.1 Å². The van der Waals surface area contributed by atoms with Crippen LogP contribution in [-0.4, -0.2) is 47.5 Å². The van der Waals surface area contributed by atoms with E-state index in [1.54, 1.807) is 0 Å². The minimum absolute atomic E-state index is 0.0374. The molecule has 0 unspecified atom stereocenters. The molecule has 17 heavy (non-hydrogen) atoms. The van der Waals surface area contributed by atoms with E-state index in [0.29, 0.717) is 0 Å². The van der Waals surface area contributed by atoms with Crippen LogP contribution in [0.2, 0.25) is 0 Å². The largest absolute Gasteiger partial charge is 0.379 e. The summed E-state index contributed by atoms with van der Waals surface area (Å²) in [6, 6.07) is 0. The van der Waals surface area contributed by atoms with Gasteiger partial charge >= 0.3 is 0 Å². The highest BCUT2D eigenvalue weighted by molar-refractivity contribution is 5.15. The maximum Gasteiger partial charge on any atom is 0.0701 e. The van der Waals surface area contributed by atoms with E-state index in [1.807, 2.05) is 6.20 Å². The Kier molecular flexibility index (Phi) is 3.54. The molecule has 0 bridgehead atoms. The molecule has 0 aliphatic carbocycles. The summed E-state index contributed by atoms with van der Waals surface area (Å²) in [5, 5.41) is 4.51. The average Bonchev–Trinajstić information content (AvgIpc) is 2.61. The minimum atomic E-state index is 0.0374. The molecule has 1 fully saturated rings. The van der Waals surface area contributed by atoms with Gasteiger partial charge in [0.1, 0.15) is 0 Å². The predicted octanol–water partition coefficient (Wildman–Crippen LogP) is 1.57. The van der Waals surface area contributed by atoms with Gasteiger partial charge in [-0.2, -0.15) is 5.10 Å². The molecule has 1 aliphatic heterocycles. The van der Waals surface area contributed by atoms with Crippen LogP contribution < -0.4 is 0 Å². The smallest absolute Gasteiger partial charge is 0.0701 e. The molecule has 2 heterocycles. The van der Waals surface area contributed by atoms with Crippen molar-refractivity contribution in [3.8, 4) is 0 Å². The Labute approximate surface area is 104 Å². The van der Waals surface area contributed by atoms with Gasteiger partial charge in [0.05, 0.1) is 24.9 Å². The molecule has 0 spiro atoms. The van der Waals surface area contributed by atoms with Gasteiger partial charge in [-0.25, -0.2) is 0 Å². The molecule has 1 aromatic rings. The lowest BCUT2D eigenvalue weighted by atomic mass is 10.0. The Bertz CT molecular complexity index is 378. The van der Waals surface area contributed by atoms with Gasteiger partial charge in [-0.1, -0.05) is 0 Å². The summed E-state index contributed by atoms with van der Waals surface area (Å²) in [6.07, 6.45) is 1.95. The number of hydrogen-bond donors (Lipinski definition) is 0. The fourth-order valence-electron chi connectivity index (χ4n) is 2.48. The lowest BCUT2D eigenvalue weighted by molar-refractivity contribution is 0.0210. The van der Waals surface area contributed by atoms with Gasteiger partial charge in [-0.05, 0) is 33.3 Å². The van der Waals surface area contributed by atoms with Crippen molar-refractivity contribution in [3.63, 3.8) is 0 Å². The van der Waals surface area contributed by atoms with Gasteiger partial charge < -0.3 is 4.74 Å². The van der Waals surface area contributed by atoms with Crippen LogP contribution in [0.15, 0.2) is 6.20 Å². The molecule has 2 rings (SSSR count). The van der Waals surface area contributed by atoms with Crippen LogP contribution in [0.3, 0.4) is 0 Å². The summed E-state index contributed by atoms with van der Waals surface area (Å²) in [4.78, 5) is 2.46. The van der Waals surface area contributed by atoms with Crippen molar-refractivity contribution < 1.29 is 4.74 Å². The van der Waals surface area contributed by atoms with Crippen molar-refractivity contribution in [2.24, 2.45) is 0 Å². The second-order valence-corrected chi connectivity index (χ2v) is 5.53. The molecule has 1 aromatic heterocycles. The van der Waals surface area contributed by atoms with Crippen molar-refractivity contribution >= 4 is 0 Å². The third-order valence-electron chi connectivity index (χ3n) is 3.54. The zero-order chi connectivity index (χ0) is 12.5. The predicted molar refractivity (Wildman–Crippen MR) is 68.3 cm³/mol. The van der Waals surface area contributed by atoms with E-state index in [0.717, 1.165) is 32.8 Å². The fourth-order valence-corrected chi connectivity index (χ4v) is 2.48. The van der Waals surface area contributed by atoms with E-state index in [1.165, 1.54) is 11.3 Å². The van der Waals surface area contributed by atoms with Crippen LogP contribution in [0, 0.1) is 13.8 Å². The number of hydrogen-bond acceptors (Lipinski definition) is 3. The topological polar surface area (TPSA) is 30.3 Å². The van der Waals surface area contributed by atoms with Gasteiger partial charge in [-0.15, -0.1) is 0 Å². The summed E-state index contributed by atoms with van der Waals surface area (Å²) < 4.78 is 7.53. The average molecular weight is 237 g/mol. The van der Waals surface area contributed by atoms with Gasteiger partial charge in [0.2, 0.25) is 0 Å². The molecule has 1 saturated heterocycles. The summed E-state index contributed by atoms with van der Waals surface area (Å²) in [5.41, 5.74) is 2.57. The molecule has 0 aromatic carbocycles. The maximum atomic E-state index is 5.38. The van der Waals surface area contributed by atoms with E-state index in [9.17, 15) is 0 Å². The Balaban J connectivity index is 2.09. The number of nitrogens with zero attached hydrogens (tertiary/aromatic N) is 3. The first-order valence-corrected chi connectivity index (χ1v) is 6.32. The van der Waals surface area contributed by atoms with Crippen molar-refractivity contribution in [1.82, 2.24) is 14.7 Å². The molecule has 1 aliphatic rings. The lowest BCUT2D eigenvalue weighted by Crippen LogP contribution is -2.46. The Hall–Kier alpha value is -0.870. The minimum Gasteiger partial charge on any atom is -0.379 e. The van der Waals surface area contributed by atoms with Crippen LogP contribution in [0.5, 0.6) is 0 Å². The highest BCUT2D eigenvalue weighted by Gasteiger charge is 2.27. The van der Waals surface area contributed by atoms with Gasteiger partial charge in [0.25, 0.3) is 0 Å².